The van der Waals surface area contributed by atoms with E-state index in [1.54, 1.807) is 0 Å². The van der Waals surface area contributed by atoms with Crippen LogP contribution in [0.2, 0.25) is 0 Å². The second-order valence-electron chi connectivity index (χ2n) is 4.31. The van der Waals surface area contributed by atoms with Crippen molar-refractivity contribution in [2.24, 2.45) is 0 Å². The van der Waals surface area contributed by atoms with Crippen molar-refractivity contribution in [3.05, 3.63) is 34.3 Å². The minimum atomic E-state index is 0.394. The fourth-order valence-electron chi connectivity index (χ4n) is 2.14. The fourth-order valence-corrected chi connectivity index (χ4v) is 2.55. The third-order valence-corrected chi connectivity index (χ3v) is 3.73. The van der Waals surface area contributed by atoms with Crippen LogP contribution in [0.15, 0.2) is 28.7 Å². The smallest absolute Gasteiger partial charge is 0.135 e. The Morgan fingerprint density at radius 1 is 1.31 bits per heavy atom. The lowest BCUT2D eigenvalue weighted by atomic mass is 10.0. The molecule has 1 aliphatic rings. The molecule has 1 saturated heterocycles. The van der Waals surface area contributed by atoms with Crippen molar-refractivity contribution in [2.75, 3.05) is 13.1 Å². The van der Waals surface area contributed by atoms with Crippen LogP contribution in [0, 0.1) is 0 Å². The van der Waals surface area contributed by atoms with Crippen LogP contribution in [-0.4, -0.2) is 23.8 Å². The number of ketones is 1. The van der Waals surface area contributed by atoms with Crippen LogP contribution >= 0.6 is 15.9 Å². The van der Waals surface area contributed by atoms with Gasteiger partial charge in [0.05, 0.1) is 0 Å². The molecule has 3 heteroatoms. The van der Waals surface area contributed by atoms with Gasteiger partial charge >= 0.3 is 0 Å². The number of halogens is 1. The van der Waals surface area contributed by atoms with Crippen LogP contribution < -0.4 is 0 Å². The summed E-state index contributed by atoms with van der Waals surface area (Å²) in [6, 6.07) is 8.79. The first kappa shape index (κ1) is 11.8. The molecule has 2 rings (SSSR count). The highest BCUT2D eigenvalue weighted by molar-refractivity contribution is 9.10. The van der Waals surface area contributed by atoms with Crippen LogP contribution in [-0.2, 0) is 4.79 Å². The van der Waals surface area contributed by atoms with Gasteiger partial charge in [0, 0.05) is 36.4 Å². The minimum absolute atomic E-state index is 0.394. The number of carbonyl (C=O) groups excluding carboxylic acids is 1. The molecule has 0 aliphatic carbocycles. The second-order valence-corrected chi connectivity index (χ2v) is 5.22. The van der Waals surface area contributed by atoms with Crippen molar-refractivity contribution in [1.82, 2.24) is 4.90 Å². The Kier molecular flexibility index (Phi) is 3.77. The fraction of sp³-hybridized carbons (Fsp3) is 0.462. The van der Waals surface area contributed by atoms with Crippen molar-refractivity contribution >= 4 is 21.7 Å². The number of hydrogen-bond acceptors (Lipinski definition) is 2. The van der Waals surface area contributed by atoms with Gasteiger partial charge in [-0.1, -0.05) is 28.1 Å². The van der Waals surface area contributed by atoms with E-state index in [1.807, 2.05) is 6.07 Å². The normalized spacial score (nSPS) is 19.8. The molecule has 86 valence electrons. The number of benzene rings is 1. The first-order valence-corrected chi connectivity index (χ1v) is 6.47. The van der Waals surface area contributed by atoms with Crippen molar-refractivity contribution in [3.8, 4) is 0 Å². The van der Waals surface area contributed by atoms with Crippen molar-refractivity contribution < 1.29 is 4.79 Å². The predicted octanol–water partition coefficient (Wildman–Crippen LogP) is 3.18. The monoisotopic (exact) mass is 281 g/mol. The van der Waals surface area contributed by atoms with Gasteiger partial charge in [-0.25, -0.2) is 0 Å². The number of likely N-dealkylation sites (tertiary alicyclic amines) is 1. The molecule has 0 spiro atoms. The predicted molar refractivity (Wildman–Crippen MR) is 68.4 cm³/mol. The van der Waals surface area contributed by atoms with E-state index < -0.39 is 0 Å². The summed E-state index contributed by atoms with van der Waals surface area (Å²) >= 11 is 3.49. The lowest BCUT2D eigenvalue weighted by Crippen LogP contribution is -2.35. The molecule has 2 nitrogen and oxygen atoms in total. The molecular formula is C13H16BrNO. The van der Waals surface area contributed by atoms with Gasteiger partial charge in [-0.05, 0) is 24.6 Å². The third-order valence-electron chi connectivity index (χ3n) is 3.23. The van der Waals surface area contributed by atoms with E-state index in [2.05, 4.69) is 46.0 Å². The molecule has 0 N–H and O–H groups in total. The van der Waals surface area contributed by atoms with Crippen LogP contribution in [0.5, 0.6) is 0 Å². The van der Waals surface area contributed by atoms with Crippen LogP contribution in [0.25, 0.3) is 0 Å². The van der Waals surface area contributed by atoms with Gasteiger partial charge in [0.15, 0.2) is 0 Å². The number of Topliss-reactive ketones (excluding diaryl/α,β-unsaturated/α-hetero) is 1. The SMILES string of the molecule is C[C@H](c1cccc(Br)c1)N1CCC(=O)CC1. The van der Waals surface area contributed by atoms with E-state index in [1.165, 1.54) is 5.56 Å². The van der Waals surface area contributed by atoms with Gasteiger partial charge in [0.25, 0.3) is 0 Å². The van der Waals surface area contributed by atoms with E-state index in [-0.39, 0.29) is 0 Å². The molecule has 1 heterocycles. The van der Waals surface area contributed by atoms with Gasteiger partial charge < -0.3 is 0 Å². The van der Waals surface area contributed by atoms with Gasteiger partial charge in [-0.15, -0.1) is 0 Å². The summed E-state index contributed by atoms with van der Waals surface area (Å²) in [6.45, 7) is 4.00. The Bertz CT molecular complexity index is 381. The summed E-state index contributed by atoms with van der Waals surface area (Å²) in [4.78, 5) is 13.6. The summed E-state index contributed by atoms with van der Waals surface area (Å²) in [5.41, 5.74) is 1.31. The molecule has 0 saturated carbocycles. The maximum atomic E-state index is 11.2. The number of hydrogen-bond donors (Lipinski definition) is 0. The molecule has 1 atom stereocenters. The van der Waals surface area contributed by atoms with Gasteiger partial charge in [0.2, 0.25) is 0 Å². The summed E-state index contributed by atoms with van der Waals surface area (Å²) in [7, 11) is 0. The summed E-state index contributed by atoms with van der Waals surface area (Å²) < 4.78 is 1.12. The van der Waals surface area contributed by atoms with Crippen LogP contribution in [0.1, 0.15) is 31.4 Å². The summed E-state index contributed by atoms with van der Waals surface area (Å²) in [5, 5.41) is 0. The number of nitrogens with zero attached hydrogens (tertiary/aromatic N) is 1. The first-order chi connectivity index (χ1) is 7.66. The Hall–Kier alpha value is -0.670. The van der Waals surface area contributed by atoms with Gasteiger partial charge in [-0.3, -0.25) is 9.69 Å². The van der Waals surface area contributed by atoms with E-state index >= 15 is 0 Å². The first-order valence-electron chi connectivity index (χ1n) is 5.68. The number of piperidine rings is 1. The zero-order chi connectivity index (χ0) is 11.5. The zero-order valence-corrected chi connectivity index (χ0v) is 11.0. The number of carbonyl (C=O) groups is 1. The average Bonchev–Trinajstić information content (AvgIpc) is 2.29. The highest BCUT2D eigenvalue weighted by Crippen LogP contribution is 2.25. The van der Waals surface area contributed by atoms with Crippen LogP contribution in [0.4, 0.5) is 0 Å². The molecule has 1 aromatic rings. The Morgan fingerprint density at radius 2 is 2.00 bits per heavy atom. The van der Waals surface area contributed by atoms with Crippen molar-refractivity contribution in [3.63, 3.8) is 0 Å². The molecule has 0 radical (unpaired) electrons. The molecule has 1 aromatic carbocycles. The van der Waals surface area contributed by atoms with Crippen LogP contribution in [0.3, 0.4) is 0 Å². The zero-order valence-electron chi connectivity index (χ0n) is 9.45. The van der Waals surface area contributed by atoms with Crippen molar-refractivity contribution in [1.29, 1.82) is 0 Å². The quantitative estimate of drug-likeness (QED) is 0.830. The molecule has 16 heavy (non-hydrogen) atoms. The maximum Gasteiger partial charge on any atom is 0.135 e. The van der Waals surface area contributed by atoms with E-state index in [9.17, 15) is 4.79 Å². The topological polar surface area (TPSA) is 20.3 Å². The third kappa shape index (κ3) is 2.71. The van der Waals surface area contributed by atoms with E-state index in [0.717, 1.165) is 17.6 Å². The maximum absolute atomic E-state index is 11.2. The summed E-state index contributed by atoms with van der Waals surface area (Å²) in [6.07, 6.45) is 1.41. The van der Waals surface area contributed by atoms with Gasteiger partial charge in [0.1, 0.15) is 5.78 Å². The van der Waals surface area contributed by atoms with E-state index in [4.69, 9.17) is 0 Å². The molecule has 1 fully saturated rings. The average molecular weight is 282 g/mol. The largest absolute Gasteiger partial charge is 0.300 e. The lowest BCUT2D eigenvalue weighted by Gasteiger charge is -2.32. The molecule has 1 aliphatic heterocycles. The minimum Gasteiger partial charge on any atom is -0.300 e. The lowest BCUT2D eigenvalue weighted by molar-refractivity contribution is -0.121. The highest BCUT2D eigenvalue weighted by atomic mass is 79.9. The molecule has 0 aromatic heterocycles. The molecule has 0 unspecified atom stereocenters. The Balaban J connectivity index is 2.07. The number of rotatable bonds is 2. The Morgan fingerprint density at radius 3 is 2.62 bits per heavy atom. The summed E-state index contributed by atoms with van der Waals surface area (Å²) in [5.74, 6) is 0.401. The second kappa shape index (κ2) is 5.11. The molecule has 0 amide bonds. The van der Waals surface area contributed by atoms with Crippen molar-refractivity contribution in [2.45, 2.75) is 25.8 Å². The molecular weight excluding hydrogens is 266 g/mol. The molecule has 0 bridgehead atoms. The van der Waals surface area contributed by atoms with Gasteiger partial charge in [-0.2, -0.15) is 0 Å². The standard InChI is InChI=1S/C13H16BrNO/c1-10(11-3-2-4-12(14)9-11)15-7-5-13(16)6-8-15/h2-4,9-10H,5-8H2,1H3/t10-/m1/s1. The van der Waals surface area contributed by atoms with E-state index in [0.29, 0.717) is 24.7 Å². The highest BCUT2D eigenvalue weighted by Gasteiger charge is 2.21. The Labute approximate surface area is 105 Å².